The minimum Gasteiger partial charge on any atom is -0.207 e. The zero-order valence-electron chi connectivity index (χ0n) is 10.7. The van der Waals surface area contributed by atoms with Gasteiger partial charge in [-0.3, -0.25) is 0 Å². The number of nitrogens with zero attached hydrogens (tertiary/aromatic N) is 1. The lowest BCUT2D eigenvalue weighted by Crippen LogP contribution is -2.37. The van der Waals surface area contributed by atoms with Crippen molar-refractivity contribution < 1.29 is 17.2 Å². The van der Waals surface area contributed by atoms with Gasteiger partial charge in [0.2, 0.25) is 10.0 Å². The standard InChI is InChI=1S/C12H16BrF2NO2S/c1-9(2)16(7-3-6-13)19(17,18)10-4-5-11(14)12(15)8-10/h4-5,8-9H,3,6-7H2,1-2H3. The Morgan fingerprint density at radius 3 is 2.37 bits per heavy atom. The molecule has 108 valence electrons. The first kappa shape index (κ1) is 16.5. The molecular weight excluding hydrogens is 340 g/mol. The molecule has 0 aliphatic heterocycles. The van der Waals surface area contributed by atoms with Crippen molar-refractivity contribution in [2.45, 2.75) is 31.2 Å². The van der Waals surface area contributed by atoms with E-state index in [9.17, 15) is 17.2 Å². The maximum atomic E-state index is 13.2. The monoisotopic (exact) mass is 355 g/mol. The normalized spacial score (nSPS) is 12.4. The van der Waals surface area contributed by atoms with Gasteiger partial charge in [-0.2, -0.15) is 4.31 Å². The Hall–Kier alpha value is -0.530. The Morgan fingerprint density at radius 1 is 1.26 bits per heavy atom. The molecular formula is C12H16BrF2NO2S. The maximum absolute atomic E-state index is 13.2. The third-order valence-electron chi connectivity index (χ3n) is 2.59. The van der Waals surface area contributed by atoms with Gasteiger partial charge in [0, 0.05) is 17.9 Å². The van der Waals surface area contributed by atoms with Crippen molar-refractivity contribution in [3.05, 3.63) is 29.8 Å². The number of alkyl halides is 1. The highest BCUT2D eigenvalue weighted by atomic mass is 79.9. The Kier molecular flexibility index (Phi) is 5.88. The van der Waals surface area contributed by atoms with Gasteiger partial charge >= 0.3 is 0 Å². The minimum absolute atomic E-state index is 0.227. The molecule has 19 heavy (non-hydrogen) atoms. The summed E-state index contributed by atoms with van der Waals surface area (Å²) in [5.41, 5.74) is 0. The van der Waals surface area contributed by atoms with Gasteiger partial charge in [0.05, 0.1) is 4.90 Å². The second kappa shape index (κ2) is 6.76. The van der Waals surface area contributed by atoms with Crippen LogP contribution in [0, 0.1) is 11.6 Å². The molecule has 0 aliphatic carbocycles. The fourth-order valence-corrected chi connectivity index (χ4v) is 3.58. The highest BCUT2D eigenvalue weighted by Gasteiger charge is 2.27. The summed E-state index contributed by atoms with van der Waals surface area (Å²) in [7, 11) is -3.81. The number of benzene rings is 1. The second-order valence-electron chi connectivity index (χ2n) is 4.33. The van der Waals surface area contributed by atoms with Crippen LogP contribution in [-0.4, -0.2) is 30.6 Å². The lowest BCUT2D eigenvalue weighted by Gasteiger charge is -2.25. The summed E-state index contributed by atoms with van der Waals surface area (Å²) in [4.78, 5) is -0.227. The molecule has 0 amide bonds. The molecule has 0 saturated heterocycles. The molecule has 0 fully saturated rings. The van der Waals surface area contributed by atoms with E-state index in [4.69, 9.17) is 0 Å². The van der Waals surface area contributed by atoms with Crippen molar-refractivity contribution in [1.29, 1.82) is 0 Å². The maximum Gasteiger partial charge on any atom is 0.243 e. The quantitative estimate of drug-likeness (QED) is 0.735. The van der Waals surface area contributed by atoms with E-state index in [1.807, 2.05) is 0 Å². The van der Waals surface area contributed by atoms with Crippen LogP contribution in [0.1, 0.15) is 20.3 Å². The van der Waals surface area contributed by atoms with Crippen molar-refractivity contribution >= 4 is 26.0 Å². The minimum atomic E-state index is -3.81. The number of hydrogen-bond donors (Lipinski definition) is 0. The topological polar surface area (TPSA) is 37.4 Å². The molecule has 0 saturated carbocycles. The zero-order chi connectivity index (χ0) is 14.6. The van der Waals surface area contributed by atoms with E-state index in [2.05, 4.69) is 15.9 Å². The van der Waals surface area contributed by atoms with E-state index < -0.39 is 21.7 Å². The lowest BCUT2D eigenvalue weighted by atomic mass is 10.3. The van der Waals surface area contributed by atoms with Crippen LogP contribution in [0.2, 0.25) is 0 Å². The molecule has 0 spiro atoms. The SMILES string of the molecule is CC(C)N(CCCBr)S(=O)(=O)c1ccc(F)c(F)c1. The second-order valence-corrected chi connectivity index (χ2v) is 7.01. The molecule has 0 radical (unpaired) electrons. The zero-order valence-corrected chi connectivity index (χ0v) is 13.1. The predicted octanol–water partition coefficient (Wildman–Crippen LogP) is 3.15. The third kappa shape index (κ3) is 3.97. The van der Waals surface area contributed by atoms with Gasteiger partial charge in [-0.25, -0.2) is 17.2 Å². The van der Waals surface area contributed by atoms with Crippen LogP contribution in [-0.2, 0) is 10.0 Å². The van der Waals surface area contributed by atoms with Gasteiger partial charge in [-0.15, -0.1) is 0 Å². The summed E-state index contributed by atoms with van der Waals surface area (Å²) in [6, 6.07) is 2.37. The Bertz CT molecular complexity index is 535. The van der Waals surface area contributed by atoms with Crippen molar-refractivity contribution in [3.63, 3.8) is 0 Å². The van der Waals surface area contributed by atoms with Crippen molar-refractivity contribution in [1.82, 2.24) is 4.31 Å². The lowest BCUT2D eigenvalue weighted by molar-refractivity contribution is 0.355. The molecule has 0 unspecified atom stereocenters. The van der Waals surface area contributed by atoms with Crippen LogP contribution < -0.4 is 0 Å². The molecule has 0 aromatic heterocycles. The highest BCUT2D eigenvalue weighted by molar-refractivity contribution is 9.09. The first-order valence-electron chi connectivity index (χ1n) is 5.83. The first-order chi connectivity index (χ1) is 8.80. The summed E-state index contributed by atoms with van der Waals surface area (Å²) in [5, 5.41) is 0.670. The molecule has 1 rings (SSSR count). The summed E-state index contributed by atoms with van der Waals surface area (Å²) in [6.07, 6.45) is 0.640. The Labute approximate surface area is 120 Å². The molecule has 0 aliphatic rings. The fraction of sp³-hybridized carbons (Fsp3) is 0.500. The molecule has 0 bridgehead atoms. The van der Waals surface area contributed by atoms with Crippen LogP contribution in [0.3, 0.4) is 0 Å². The highest BCUT2D eigenvalue weighted by Crippen LogP contribution is 2.20. The van der Waals surface area contributed by atoms with Crippen molar-refractivity contribution in [2.24, 2.45) is 0 Å². The van der Waals surface area contributed by atoms with Gasteiger partial charge < -0.3 is 0 Å². The van der Waals surface area contributed by atoms with Crippen LogP contribution in [0.4, 0.5) is 8.78 Å². The van der Waals surface area contributed by atoms with Crippen LogP contribution in [0.25, 0.3) is 0 Å². The van der Waals surface area contributed by atoms with Gasteiger partial charge in [0.1, 0.15) is 0 Å². The summed E-state index contributed by atoms with van der Waals surface area (Å²) < 4.78 is 52.0. The number of halogens is 3. The third-order valence-corrected chi connectivity index (χ3v) is 5.22. The van der Waals surface area contributed by atoms with E-state index in [0.717, 1.165) is 12.1 Å². The molecule has 0 N–H and O–H groups in total. The number of rotatable bonds is 6. The van der Waals surface area contributed by atoms with E-state index in [1.54, 1.807) is 13.8 Å². The van der Waals surface area contributed by atoms with E-state index in [1.165, 1.54) is 4.31 Å². The van der Waals surface area contributed by atoms with Gasteiger partial charge in [0.25, 0.3) is 0 Å². The average molecular weight is 356 g/mol. The Morgan fingerprint density at radius 2 is 1.89 bits per heavy atom. The van der Waals surface area contributed by atoms with Crippen molar-refractivity contribution in [2.75, 3.05) is 11.9 Å². The molecule has 0 atom stereocenters. The average Bonchev–Trinajstić information content (AvgIpc) is 2.32. The molecule has 0 heterocycles. The number of sulfonamides is 1. The smallest absolute Gasteiger partial charge is 0.207 e. The van der Waals surface area contributed by atoms with Gasteiger partial charge in [0.15, 0.2) is 11.6 Å². The predicted molar refractivity (Wildman–Crippen MR) is 73.8 cm³/mol. The van der Waals surface area contributed by atoms with Crippen LogP contribution in [0.15, 0.2) is 23.1 Å². The summed E-state index contributed by atoms with van der Waals surface area (Å²) in [6.45, 7) is 3.81. The van der Waals surface area contributed by atoms with E-state index >= 15 is 0 Å². The molecule has 1 aromatic carbocycles. The van der Waals surface area contributed by atoms with Crippen molar-refractivity contribution in [3.8, 4) is 0 Å². The summed E-state index contributed by atoms with van der Waals surface area (Å²) >= 11 is 3.24. The Balaban J connectivity index is 3.15. The van der Waals surface area contributed by atoms with E-state index in [-0.39, 0.29) is 10.9 Å². The van der Waals surface area contributed by atoms with Crippen LogP contribution in [0.5, 0.6) is 0 Å². The molecule has 3 nitrogen and oxygen atoms in total. The van der Waals surface area contributed by atoms with E-state index in [0.29, 0.717) is 24.4 Å². The largest absolute Gasteiger partial charge is 0.243 e. The van der Waals surface area contributed by atoms with Crippen LogP contribution >= 0.6 is 15.9 Å². The fourth-order valence-electron chi connectivity index (χ4n) is 1.64. The van der Waals surface area contributed by atoms with Gasteiger partial charge in [-0.1, -0.05) is 15.9 Å². The summed E-state index contributed by atoms with van der Waals surface area (Å²) in [5.74, 6) is -2.22. The molecule has 7 heteroatoms. The van der Waals surface area contributed by atoms with Gasteiger partial charge in [-0.05, 0) is 38.5 Å². The molecule has 1 aromatic rings. The first-order valence-corrected chi connectivity index (χ1v) is 8.39. The number of hydrogen-bond acceptors (Lipinski definition) is 2.